The maximum atomic E-state index is 13.2. The summed E-state index contributed by atoms with van der Waals surface area (Å²) in [5, 5.41) is 13.9. The highest BCUT2D eigenvalue weighted by molar-refractivity contribution is 5.83. The van der Waals surface area contributed by atoms with Gasteiger partial charge in [0.1, 0.15) is 0 Å². The van der Waals surface area contributed by atoms with Gasteiger partial charge >= 0.3 is 0 Å². The van der Waals surface area contributed by atoms with Crippen LogP contribution in [0.1, 0.15) is 81.8 Å². The van der Waals surface area contributed by atoms with Crippen molar-refractivity contribution in [3.05, 3.63) is 39.9 Å². The Bertz CT molecular complexity index is 1250. The maximum absolute atomic E-state index is 13.2. The molecule has 1 aromatic carbocycles. The molecule has 3 heterocycles. The molecule has 2 fully saturated rings. The molecule has 10 heteroatoms. The number of rotatable bonds is 10. The Balaban J connectivity index is 1.49. The van der Waals surface area contributed by atoms with Gasteiger partial charge in [0.25, 0.3) is 5.56 Å². The molecule has 2 atom stereocenters. The Morgan fingerprint density at radius 1 is 1.11 bits per heavy atom. The van der Waals surface area contributed by atoms with Crippen LogP contribution in [0.4, 0.5) is 0 Å². The molecule has 1 N–H and O–H groups in total. The Morgan fingerprint density at radius 3 is 2.59 bits per heavy atom. The predicted molar refractivity (Wildman–Crippen MR) is 140 cm³/mol. The first-order valence-electron chi connectivity index (χ1n) is 13.5. The highest BCUT2D eigenvalue weighted by Gasteiger charge is 2.31. The lowest BCUT2D eigenvalue weighted by atomic mass is 9.95. The Kier molecular flexibility index (Phi) is 8.05. The third-order valence-electron chi connectivity index (χ3n) is 7.83. The molecule has 2 aromatic heterocycles. The zero-order valence-corrected chi connectivity index (χ0v) is 22.1. The van der Waals surface area contributed by atoms with Crippen molar-refractivity contribution in [2.24, 2.45) is 0 Å². The van der Waals surface area contributed by atoms with E-state index in [0.717, 1.165) is 56.5 Å². The zero-order chi connectivity index (χ0) is 25.8. The van der Waals surface area contributed by atoms with Crippen molar-refractivity contribution in [1.29, 1.82) is 0 Å². The van der Waals surface area contributed by atoms with E-state index in [4.69, 9.17) is 14.2 Å². The van der Waals surface area contributed by atoms with E-state index in [2.05, 4.69) is 37.0 Å². The summed E-state index contributed by atoms with van der Waals surface area (Å²) in [7, 11) is 3.20. The van der Waals surface area contributed by atoms with E-state index in [-0.39, 0.29) is 17.7 Å². The summed E-state index contributed by atoms with van der Waals surface area (Å²) in [5.41, 5.74) is 1.29. The van der Waals surface area contributed by atoms with Gasteiger partial charge in [-0.15, -0.1) is 5.10 Å². The van der Waals surface area contributed by atoms with Gasteiger partial charge in [0.2, 0.25) is 0 Å². The molecule has 0 bridgehead atoms. The molecular weight excluding hydrogens is 472 g/mol. The molecule has 200 valence electrons. The smallest absolute Gasteiger partial charge is 0.252 e. The van der Waals surface area contributed by atoms with Gasteiger partial charge < -0.3 is 19.2 Å². The molecule has 1 aliphatic heterocycles. The molecule has 3 aromatic rings. The summed E-state index contributed by atoms with van der Waals surface area (Å²) in [6.07, 6.45) is 8.96. The van der Waals surface area contributed by atoms with Gasteiger partial charge in [-0.3, -0.25) is 9.69 Å². The summed E-state index contributed by atoms with van der Waals surface area (Å²) >= 11 is 0. The number of ether oxygens (including phenoxy) is 3. The van der Waals surface area contributed by atoms with Crippen LogP contribution in [0.2, 0.25) is 0 Å². The van der Waals surface area contributed by atoms with Crippen LogP contribution in [0.5, 0.6) is 11.5 Å². The normalized spacial score (nSPS) is 19.5. The lowest BCUT2D eigenvalue weighted by Crippen LogP contribution is -2.38. The van der Waals surface area contributed by atoms with Gasteiger partial charge in [-0.05, 0) is 54.7 Å². The van der Waals surface area contributed by atoms with Crippen molar-refractivity contribution in [3.8, 4) is 11.5 Å². The summed E-state index contributed by atoms with van der Waals surface area (Å²) in [5.74, 6) is 2.09. The quantitative estimate of drug-likeness (QED) is 0.433. The third kappa shape index (κ3) is 5.50. The molecule has 37 heavy (non-hydrogen) atoms. The number of tetrazole rings is 1. The number of pyridine rings is 1. The fourth-order valence-corrected chi connectivity index (χ4v) is 5.88. The molecule has 0 amide bonds. The molecule has 0 spiro atoms. The number of H-pyrrole nitrogens is 1. The van der Waals surface area contributed by atoms with Gasteiger partial charge in [0, 0.05) is 36.7 Å². The summed E-state index contributed by atoms with van der Waals surface area (Å²) in [4.78, 5) is 18.6. The average molecular weight is 511 g/mol. The van der Waals surface area contributed by atoms with E-state index in [1.54, 1.807) is 20.3 Å². The highest BCUT2D eigenvalue weighted by Crippen LogP contribution is 2.34. The SMILES string of the molecule is CC[C@H](c1nnnn1C1CCCCC1)N(Cc1cc2cc(OC)c(OC)cc2[nH]c1=O)C[C@H]1CCCO1. The number of hydrogen-bond donors (Lipinski definition) is 1. The van der Waals surface area contributed by atoms with E-state index >= 15 is 0 Å². The largest absolute Gasteiger partial charge is 0.493 e. The molecular formula is C27H38N6O4. The van der Waals surface area contributed by atoms with Crippen LogP contribution in [-0.4, -0.2) is 63.6 Å². The van der Waals surface area contributed by atoms with Crippen LogP contribution in [0, 0.1) is 0 Å². The Morgan fingerprint density at radius 2 is 1.89 bits per heavy atom. The fraction of sp³-hybridized carbons (Fsp3) is 0.630. The monoisotopic (exact) mass is 510 g/mol. The van der Waals surface area contributed by atoms with E-state index < -0.39 is 0 Å². The minimum absolute atomic E-state index is 0.0263. The number of methoxy groups -OCH3 is 2. The number of nitrogens with zero attached hydrogens (tertiary/aromatic N) is 5. The topological polar surface area (TPSA) is 107 Å². The predicted octanol–water partition coefficient (Wildman–Crippen LogP) is 4.17. The van der Waals surface area contributed by atoms with Crippen molar-refractivity contribution in [3.63, 3.8) is 0 Å². The molecule has 0 unspecified atom stereocenters. The molecule has 5 rings (SSSR count). The lowest BCUT2D eigenvalue weighted by Gasteiger charge is -2.33. The Hall–Kier alpha value is -2.98. The van der Waals surface area contributed by atoms with E-state index in [0.29, 0.717) is 35.2 Å². The molecule has 2 aliphatic rings. The van der Waals surface area contributed by atoms with Crippen molar-refractivity contribution >= 4 is 10.9 Å². The highest BCUT2D eigenvalue weighted by atomic mass is 16.5. The fourth-order valence-electron chi connectivity index (χ4n) is 5.88. The number of benzene rings is 1. The number of fused-ring (bicyclic) bond motifs is 1. The molecule has 1 saturated heterocycles. The average Bonchev–Trinajstić information content (AvgIpc) is 3.62. The lowest BCUT2D eigenvalue weighted by molar-refractivity contribution is 0.0481. The van der Waals surface area contributed by atoms with Crippen LogP contribution in [0.3, 0.4) is 0 Å². The molecule has 1 aliphatic carbocycles. The second-order valence-electron chi connectivity index (χ2n) is 10.2. The van der Waals surface area contributed by atoms with Crippen LogP contribution >= 0.6 is 0 Å². The number of hydrogen-bond acceptors (Lipinski definition) is 8. The van der Waals surface area contributed by atoms with Gasteiger partial charge in [-0.25, -0.2) is 4.68 Å². The van der Waals surface area contributed by atoms with Gasteiger partial charge in [0.15, 0.2) is 17.3 Å². The van der Waals surface area contributed by atoms with E-state index in [1.165, 1.54) is 19.3 Å². The Labute approximate surface area is 217 Å². The molecule has 1 saturated carbocycles. The maximum Gasteiger partial charge on any atom is 0.252 e. The van der Waals surface area contributed by atoms with Crippen molar-refractivity contribution in [2.45, 2.75) is 83.0 Å². The van der Waals surface area contributed by atoms with Crippen LogP contribution in [0.15, 0.2) is 23.0 Å². The summed E-state index contributed by atoms with van der Waals surface area (Å²) in [6, 6.07) is 5.97. The standard InChI is InChI=1S/C27H38N6O4/c1-4-23(26-29-30-31-33(26)20-9-6-5-7-10-20)32(17-21-11-8-12-37-21)16-19-13-18-14-24(35-2)25(36-3)15-22(18)28-27(19)34/h13-15,20-21,23H,4-12,16-17H2,1-3H3,(H,28,34)/t21-,23-/m1/s1. The van der Waals surface area contributed by atoms with Crippen LogP contribution in [0.25, 0.3) is 10.9 Å². The van der Waals surface area contributed by atoms with E-state index in [9.17, 15) is 4.79 Å². The third-order valence-corrected chi connectivity index (χ3v) is 7.83. The van der Waals surface area contributed by atoms with Gasteiger partial charge in [-0.2, -0.15) is 0 Å². The van der Waals surface area contributed by atoms with Crippen molar-refractivity contribution in [2.75, 3.05) is 27.4 Å². The van der Waals surface area contributed by atoms with Gasteiger partial charge in [-0.1, -0.05) is 26.2 Å². The first kappa shape index (κ1) is 25.7. The number of nitrogens with one attached hydrogen (secondary N) is 1. The first-order chi connectivity index (χ1) is 18.1. The summed E-state index contributed by atoms with van der Waals surface area (Å²) < 4.78 is 19.0. The van der Waals surface area contributed by atoms with Crippen LogP contribution in [-0.2, 0) is 11.3 Å². The molecule has 10 nitrogen and oxygen atoms in total. The second kappa shape index (κ2) is 11.6. The number of aromatic amines is 1. The van der Waals surface area contributed by atoms with Crippen molar-refractivity contribution < 1.29 is 14.2 Å². The molecule has 0 radical (unpaired) electrons. The first-order valence-corrected chi connectivity index (χ1v) is 13.5. The van der Waals surface area contributed by atoms with Crippen molar-refractivity contribution in [1.82, 2.24) is 30.1 Å². The zero-order valence-electron chi connectivity index (χ0n) is 22.1. The van der Waals surface area contributed by atoms with Crippen LogP contribution < -0.4 is 15.0 Å². The minimum atomic E-state index is -0.112. The minimum Gasteiger partial charge on any atom is -0.493 e. The van der Waals surface area contributed by atoms with E-state index in [1.807, 2.05) is 12.1 Å². The second-order valence-corrected chi connectivity index (χ2v) is 10.2. The summed E-state index contributed by atoms with van der Waals surface area (Å²) in [6.45, 7) is 4.14. The number of aromatic nitrogens is 5. The van der Waals surface area contributed by atoms with Gasteiger partial charge in [0.05, 0.1) is 37.9 Å².